The van der Waals surface area contributed by atoms with Crippen molar-refractivity contribution in [3.05, 3.63) is 0 Å². The van der Waals surface area contributed by atoms with E-state index in [0.717, 1.165) is 11.5 Å². The molecule has 2 N–H and O–H groups in total. The van der Waals surface area contributed by atoms with Gasteiger partial charge in [0.15, 0.2) is 5.06 Å². The molecule has 0 aliphatic carbocycles. The Kier molecular flexibility index (Phi) is 1.49. The van der Waals surface area contributed by atoms with Crippen molar-refractivity contribution >= 4 is 12.6 Å². The van der Waals surface area contributed by atoms with Crippen molar-refractivity contribution in [2.75, 3.05) is 6.54 Å². The fraction of sp³-hybridized carbons (Fsp3) is 1.00. The Morgan fingerprint density at radius 2 is 2.25 bits per heavy atom. The molecule has 1 aliphatic rings. The van der Waals surface area contributed by atoms with Gasteiger partial charge in [-0.1, -0.05) is 0 Å². The number of nitrogens with zero attached hydrogens (tertiary/aromatic N) is 1. The normalized spacial score (nSPS) is 40.9. The van der Waals surface area contributed by atoms with Crippen LogP contribution in [0.2, 0.25) is 0 Å². The van der Waals surface area contributed by atoms with Gasteiger partial charge < -0.3 is 10.3 Å². The summed E-state index contributed by atoms with van der Waals surface area (Å²) in [6.07, 6.45) is 1.34. The highest BCUT2D eigenvalue weighted by Gasteiger charge is 2.34. The molecule has 0 aromatic carbocycles. The second-order valence-electron chi connectivity index (χ2n) is 2.00. The van der Waals surface area contributed by atoms with Crippen LogP contribution in [0.15, 0.2) is 0 Å². The van der Waals surface area contributed by atoms with Gasteiger partial charge in [-0.3, -0.25) is 0 Å². The maximum atomic E-state index is 9.00. The minimum absolute atomic E-state index is 0.514. The smallest absolute Gasteiger partial charge is 0.185 e. The van der Waals surface area contributed by atoms with Crippen LogP contribution in [0.1, 0.15) is 12.8 Å². The number of hydrogen-bond acceptors (Lipinski definition) is 4. The van der Waals surface area contributed by atoms with Crippen LogP contribution >= 0.6 is 12.6 Å². The zero-order valence-electron chi connectivity index (χ0n) is 4.41. The summed E-state index contributed by atoms with van der Waals surface area (Å²) >= 11 is 3.78. The van der Waals surface area contributed by atoms with Crippen molar-refractivity contribution in [1.82, 2.24) is 5.06 Å². The third-order valence-electron chi connectivity index (χ3n) is 1.30. The van der Waals surface area contributed by atoms with Gasteiger partial charge in [0, 0.05) is 13.0 Å². The molecule has 0 saturated carbocycles. The fourth-order valence-corrected chi connectivity index (χ4v) is 1.03. The summed E-state index contributed by atoms with van der Waals surface area (Å²) in [7, 11) is 0. The summed E-state index contributed by atoms with van der Waals surface area (Å²) in [6, 6.07) is 0. The largest absolute Gasteiger partial charge is 0.365 e. The highest BCUT2D eigenvalue weighted by Crippen LogP contribution is 2.27. The molecule has 0 radical (unpaired) electrons. The molecule has 0 spiro atoms. The summed E-state index contributed by atoms with van der Waals surface area (Å²) in [5.74, 6) is 0. The number of hydroxylamine groups is 2. The van der Waals surface area contributed by atoms with E-state index in [1.54, 1.807) is 0 Å². The van der Waals surface area contributed by atoms with Crippen LogP contribution in [0, 0.1) is 0 Å². The Labute approximate surface area is 53.3 Å². The van der Waals surface area contributed by atoms with Crippen LogP contribution in [0.4, 0.5) is 0 Å². The van der Waals surface area contributed by atoms with Gasteiger partial charge in [-0.25, -0.2) is 0 Å². The van der Waals surface area contributed by atoms with Crippen LogP contribution in [0.3, 0.4) is 0 Å². The van der Waals surface area contributed by atoms with Crippen molar-refractivity contribution in [1.29, 1.82) is 0 Å². The standard InChI is InChI=1S/C4H9NO2S/c6-4(8)2-1-3-5(4)7/h6-8H,1-3H2. The van der Waals surface area contributed by atoms with Gasteiger partial charge >= 0.3 is 0 Å². The molecule has 8 heavy (non-hydrogen) atoms. The predicted octanol–water partition coefficient (Wildman–Crippen LogP) is 0.0473. The Hall–Kier alpha value is 0.230. The average molecular weight is 135 g/mol. The minimum atomic E-state index is -1.26. The van der Waals surface area contributed by atoms with Gasteiger partial charge in [0.1, 0.15) is 0 Å². The minimum Gasteiger partial charge on any atom is -0.365 e. The highest BCUT2D eigenvalue weighted by molar-refractivity contribution is 7.81. The summed E-state index contributed by atoms with van der Waals surface area (Å²) in [4.78, 5) is 0. The molecule has 0 amide bonds. The number of hydrogen-bond donors (Lipinski definition) is 3. The summed E-state index contributed by atoms with van der Waals surface area (Å²) in [5.41, 5.74) is 0. The molecule has 0 aromatic rings. The molecule has 1 unspecified atom stereocenters. The van der Waals surface area contributed by atoms with E-state index >= 15 is 0 Å². The van der Waals surface area contributed by atoms with Crippen LogP contribution in [0.5, 0.6) is 0 Å². The molecule has 1 heterocycles. The fourth-order valence-electron chi connectivity index (χ4n) is 0.774. The van der Waals surface area contributed by atoms with E-state index in [0.29, 0.717) is 13.0 Å². The summed E-state index contributed by atoms with van der Waals surface area (Å²) in [6.45, 7) is 0.514. The van der Waals surface area contributed by atoms with Gasteiger partial charge in [0.05, 0.1) is 0 Å². The first-order chi connectivity index (χ1) is 3.63. The Morgan fingerprint density at radius 3 is 2.38 bits per heavy atom. The lowest BCUT2D eigenvalue weighted by molar-refractivity contribution is -0.188. The second-order valence-corrected chi connectivity index (χ2v) is 2.72. The first kappa shape index (κ1) is 6.35. The van der Waals surface area contributed by atoms with Crippen molar-refractivity contribution in [3.63, 3.8) is 0 Å². The first-order valence-corrected chi connectivity index (χ1v) is 2.99. The van der Waals surface area contributed by atoms with Crippen LogP contribution in [-0.4, -0.2) is 27.0 Å². The lowest BCUT2D eigenvalue weighted by Gasteiger charge is -2.21. The Morgan fingerprint density at radius 1 is 1.62 bits per heavy atom. The van der Waals surface area contributed by atoms with Crippen LogP contribution < -0.4 is 0 Å². The molecule has 48 valence electrons. The zero-order chi connectivity index (χ0) is 6.20. The molecule has 0 aromatic heterocycles. The SMILES string of the molecule is ON1CCCC1(O)S. The Balaban J connectivity index is 2.54. The molecule has 1 aliphatic heterocycles. The highest BCUT2D eigenvalue weighted by atomic mass is 32.1. The van der Waals surface area contributed by atoms with E-state index in [1.807, 2.05) is 0 Å². The summed E-state index contributed by atoms with van der Waals surface area (Å²) in [5, 5.41) is 17.3. The first-order valence-electron chi connectivity index (χ1n) is 2.54. The van der Waals surface area contributed by atoms with Crippen molar-refractivity contribution in [2.24, 2.45) is 0 Å². The maximum absolute atomic E-state index is 9.00. The summed E-state index contributed by atoms with van der Waals surface area (Å²) < 4.78 is 0. The van der Waals surface area contributed by atoms with E-state index in [4.69, 9.17) is 10.3 Å². The van der Waals surface area contributed by atoms with E-state index < -0.39 is 5.06 Å². The van der Waals surface area contributed by atoms with Crippen LogP contribution in [0.25, 0.3) is 0 Å². The van der Waals surface area contributed by atoms with Crippen LogP contribution in [-0.2, 0) is 0 Å². The molecule has 1 fully saturated rings. The van der Waals surface area contributed by atoms with E-state index in [2.05, 4.69) is 12.6 Å². The molecular formula is C4H9NO2S. The van der Waals surface area contributed by atoms with Gasteiger partial charge in [-0.15, -0.1) is 12.6 Å². The molecule has 1 saturated heterocycles. The molecule has 0 bridgehead atoms. The van der Waals surface area contributed by atoms with Gasteiger partial charge in [-0.2, -0.15) is 5.06 Å². The van der Waals surface area contributed by atoms with Gasteiger partial charge in [0.2, 0.25) is 0 Å². The molecular weight excluding hydrogens is 126 g/mol. The topological polar surface area (TPSA) is 43.7 Å². The molecule has 1 rings (SSSR count). The van der Waals surface area contributed by atoms with Gasteiger partial charge in [-0.05, 0) is 6.42 Å². The van der Waals surface area contributed by atoms with Crippen molar-refractivity contribution in [3.8, 4) is 0 Å². The Bertz CT molecular complexity index is 96.0. The maximum Gasteiger partial charge on any atom is 0.185 e. The predicted molar refractivity (Wildman–Crippen MR) is 31.7 cm³/mol. The van der Waals surface area contributed by atoms with E-state index in [1.165, 1.54) is 0 Å². The molecule has 4 heteroatoms. The molecule has 1 atom stereocenters. The third kappa shape index (κ3) is 0.974. The lowest BCUT2D eigenvalue weighted by Crippen LogP contribution is -2.35. The van der Waals surface area contributed by atoms with Crippen molar-refractivity contribution < 1.29 is 10.3 Å². The van der Waals surface area contributed by atoms with E-state index in [-0.39, 0.29) is 0 Å². The zero-order valence-corrected chi connectivity index (χ0v) is 5.30. The third-order valence-corrected chi connectivity index (χ3v) is 1.75. The number of rotatable bonds is 0. The van der Waals surface area contributed by atoms with Gasteiger partial charge in [0.25, 0.3) is 0 Å². The number of aliphatic hydroxyl groups is 1. The van der Waals surface area contributed by atoms with E-state index in [9.17, 15) is 0 Å². The lowest BCUT2D eigenvalue weighted by atomic mass is 10.4. The monoisotopic (exact) mass is 135 g/mol. The van der Waals surface area contributed by atoms with Crippen molar-refractivity contribution in [2.45, 2.75) is 17.9 Å². The quantitative estimate of drug-likeness (QED) is 0.325. The average Bonchev–Trinajstić information content (AvgIpc) is 1.86. The molecule has 3 nitrogen and oxygen atoms in total. The second kappa shape index (κ2) is 1.88. The number of thiol groups is 1.